The van der Waals surface area contributed by atoms with Crippen molar-refractivity contribution in [3.63, 3.8) is 0 Å². The fourth-order valence-corrected chi connectivity index (χ4v) is 3.97. The minimum atomic E-state index is -0.788. The first-order valence-electron chi connectivity index (χ1n) is 11.1. The van der Waals surface area contributed by atoms with Gasteiger partial charge in [-0.1, -0.05) is 30.3 Å². The van der Waals surface area contributed by atoms with Crippen molar-refractivity contribution < 1.29 is 19.4 Å². The summed E-state index contributed by atoms with van der Waals surface area (Å²) >= 11 is 0. The largest absolute Gasteiger partial charge is 0.497 e. The van der Waals surface area contributed by atoms with E-state index in [9.17, 15) is 14.7 Å². The predicted molar refractivity (Wildman–Crippen MR) is 127 cm³/mol. The number of piperazine rings is 2. The normalized spacial score (nSPS) is 20.9. The Morgan fingerprint density at radius 1 is 1.09 bits per heavy atom. The summed E-state index contributed by atoms with van der Waals surface area (Å²) in [6.45, 7) is 5.23. The third kappa shape index (κ3) is 7.18. The third-order valence-electron chi connectivity index (χ3n) is 5.79. The van der Waals surface area contributed by atoms with Crippen molar-refractivity contribution in [2.75, 3.05) is 51.3 Å². The Balaban J connectivity index is 0.000000286. The monoisotopic (exact) mass is 455 g/mol. The molecule has 0 radical (unpaired) electrons. The molecule has 0 bridgehead atoms. The Labute approximate surface area is 194 Å². The third-order valence-corrected chi connectivity index (χ3v) is 5.79. The summed E-state index contributed by atoms with van der Waals surface area (Å²) in [5, 5.41) is 15.7. The van der Waals surface area contributed by atoms with Crippen molar-refractivity contribution in [2.45, 2.75) is 18.6 Å². The number of carboxylic acid groups (broad SMARTS) is 1. The Hall–Kier alpha value is -3.14. The van der Waals surface area contributed by atoms with Crippen LogP contribution in [0.1, 0.15) is 5.56 Å². The first-order chi connectivity index (χ1) is 16.0. The highest BCUT2D eigenvalue weighted by molar-refractivity contribution is 5.80. The molecule has 2 atom stereocenters. The second-order valence-corrected chi connectivity index (χ2v) is 8.08. The summed E-state index contributed by atoms with van der Waals surface area (Å²) in [7, 11) is 1.62. The Kier molecular flexibility index (Phi) is 9.05. The fraction of sp³-hybridized carbons (Fsp3) is 0.417. The van der Waals surface area contributed by atoms with Gasteiger partial charge in [-0.15, -0.1) is 0 Å². The second kappa shape index (κ2) is 12.2. The van der Waals surface area contributed by atoms with Gasteiger partial charge in [0.1, 0.15) is 11.8 Å². The van der Waals surface area contributed by atoms with Gasteiger partial charge in [-0.25, -0.2) is 4.79 Å². The SMILES string of the molecule is COc1ccc(N2CCN(Cc3ccccc3)CC2C(=O)O)cc1.NC(=O)C1CNCCN1. The van der Waals surface area contributed by atoms with Gasteiger partial charge in [-0.3, -0.25) is 9.69 Å². The van der Waals surface area contributed by atoms with Crippen molar-refractivity contribution in [3.8, 4) is 5.75 Å². The van der Waals surface area contributed by atoms with E-state index in [1.54, 1.807) is 7.11 Å². The molecule has 2 saturated heterocycles. The summed E-state index contributed by atoms with van der Waals surface area (Å²) in [4.78, 5) is 26.4. The minimum absolute atomic E-state index is 0.168. The van der Waals surface area contributed by atoms with Crippen LogP contribution in [-0.4, -0.2) is 80.3 Å². The summed E-state index contributed by atoms with van der Waals surface area (Å²) in [5.74, 6) is -0.292. The van der Waals surface area contributed by atoms with E-state index >= 15 is 0 Å². The van der Waals surface area contributed by atoms with Crippen LogP contribution in [0.5, 0.6) is 5.75 Å². The lowest BCUT2D eigenvalue weighted by Crippen LogP contribution is -2.56. The summed E-state index contributed by atoms with van der Waals surface area (Å²) in [6.07, 6.45) is 0. The van der Waals surface area contributed by atoms with Gasteiger partial charge in [0.15, 0.2) is 0 Å². The molecule has 2 aromatic carbocycles. The van der Waals surface area contributed by atoms with Gasteiger partial charge in [-0.2, -0.15) is 0 Å². The number of hydrogen-bond donors (Lipinski definition) is 4. The van der Waals surface area contributed by atoms with Crippen LogP contribution < -0.4 is 26.0 Å². The lowest BCUT2D eigenvalue weighted by atomic mass is 10.1. The van der Waals surface area contributed by atoms with E-state index in [2.05, 4.69) is 27.7 Å². The Morgan fingerprint density at radius 2 is 1.82 bits per heavy atom. The maximum absolute atomic E-state index is 11.8. The summed E-state index contributed by atoms with van der Waals surface area (Å²) < 4.78 is 5.17. The molecular formula is C24H33N5O4. The average Bonchev–Trinajstić information content (AvgIpc) is 2.85. The maximum Gasteiger partial charge on any atom is 0.327 e. The molecule has 2 unspecified atom stereocenters. The molecule has 2 fully saturated rings. The standard InChI is InChI=1S/C19H22N2O3.C5H11N3O/c1-24-17-9-7-16(8-10-17)21-12-11-20(14-18(21)19(22)23)13-15-5-3-2-4-6-15;6-5(9)4-3-7-1-2-8-4/h2-10,18H,11-14H2,1H3,(H,22,23);4,7-8H,1-3H2,(H2,6,9). The highest BCUT2D eigenvalue weighted by Gasteiger charge is 2.32. The number of hydrogen-bond acceptors (Lipinski definition) is 7. The number of nitrogens with two attached hydrogens (primary N) is 1. The molecule has 2 aliphatic heterocycles. The van der Waals surface area contributed by atoms with Gasteiger partial charge < -0.3 is 31.1 Å². The van der Waals surface area contributed by atoms with Crippen molar-refractivity contribution in [1.29, 1.82) is 0 Å². The molecule has 2 aromatic rings. The Bertz CT molecular complexity index is 887. The first kappa shape index (κ1) is 24.5. The van der Waals surface area contributed by atoms with Gasteiger partial charge in [0, 0.05) is 51.5 Å². The van der Waals surface area contributed by atoms with Gasteiger partial charge in [0.25, 0.3) is 0 Å². The Morgan fingerprint density at radius 3 is 2.36 bits per heavy atom. The van der Waals surface area contributed by atoms with Gasteiger partial charge >= 0.3 is 5.97 Å². The van der Waals surface area contributed by atoms with Crippen LogP contribution in [0.15, 0.2) is 54.6 Å². The number of carbonyl (C=O) groups is 2. The summed E-state index contributed by atoms with van der Waals surface area (Å²) in [5.41, 5.74) is 7.15. The minimum Gasteiger partial charge on any atom is -0.497 e. The molecule has 0 aliphatic carbocycles. The van der Waals surface area contributed by atoms with Crippen LogP contribution in [0.25, 0.3) is 0 Å². The number of ether oxygens (including phenoxy) is 1. The number of methoxy groups -OCH3 is 1. The highest BCUT2D eigenvalue weighted by atomic mass is 16.5. The lowest BCUT2D eigenvalue weighted by Gasteiger charge is -2.40. The van der Waals surface area contributed by atoms with Crippen LogP contribution >= 0.6 is 0 Å². The molecule has 5 N–H and O–H groups in total. The average molecular weight is 456 g/mol. The van der Waals surface area contributed by atoms with E-state index in [1.165, 1.54) is 5.56 Å². The zero-order valence-electron chi connectivity index (χ0n) is 18.9. The highest BCUT2D eigenvalue weighted by Crippen LogP contribution is 2.24. The van der Waals surface area contributed by atoms with Crippen LogP contribution in [0.2, 0.25) is 0 Å². The number of nitrogens with one attached hydrogen (secondary N) is 2. The smallest absolute Gasteiger partial charge is 0.327 e. The molecule has 33 heavy (non-hydrogen) atoms. The summed E-state index contributed by atoms with van der Waals surface area (Å²) in [6, 6.07) is 17.0. The number of primary amides is 1. The van der Waals surface area contributed by atoms with Gasteiger partial charge in [0.2, 0.25) is 5.91 Å². The predicted octanol–water partition coefficient (Wildman–Crippen LogP) is 0.504. The van der Waals surface area contributed by atoms with Crippen LogP contribution in [0.4, 0.5) is 5.69 Å². The zero-order chi connectivity index (χ0) is 23.6. The van der Waals surface area contributed by atoms with Gasteiger partial charge in [-0.05, 0) is 29.8 Å². The number of anilines is 1. The topological polar surface area (TPSA) is 120 Å². The molecule has 2 heterocycles. The molecule has 0 spiro atoms. The van der Waals surface area contributed by atoms with Crippen LogP contribution in [0, 0.1) is 0 Å². The quantitative estimate of drug-likeness (QED) is 0.497. The number of carbonyl (C=O) groups excluding carboxylic acids is 1. The number of rotatable bonds is 6. The number of benzene rings is 2. The van der Waals surface area contributed by atoms with Gasteiger partial charge in [0.05, 0.1) is 13.2 Å². The molecule has 4 rings (SSSR count). The molecule has 2 aliphatic rings. The van der Waals surface area contributed by atoms with E-state index in [4.69, 9.17) is 10.5 Å². The van der Waals surface area contributed by atoms with E-state index in [-0.39, 0.29) is 11.9 Å². The number of amides is 1. The molecule has 0 aromatic heterocycles. The van der Waals surface area contributed by atoms with Crippen molar-refractivity contribution >= 4 is 17.6 Å². The second-order valence-electron chi connectivity index (χ2n) is 8.08. The van der Waals surface area contributed by atoms with E-state index < -0.39 is 12.0 Å². The van der Waals surface area contributed by atoms with Crippen molar-refractivity contribution in [1.82, 2.24) is 15.5 Å². The molecule has 9 heteroatoms. The van der Waals surface area contributed by atoms with Crippen LogP contribution in [-0.2, 0) is 16.1 Å². The molecule has 178 valence electrons. The number of carboxylic acids is 1. The van der Waals surface area contributed by atoms with Crippen molar-refractivity contribution in [2.24, 2.45) is 5.73 Å². The van der Waals surface area contributed by atoms with E-state index in [0.717, 1.165) is 37.6 Å². The number of aliphatic carboxylic acids is 1. The molecule has 9 nitrogen and oxygen atoms in total. The van der Waals surface area contributed by atoms with Crippen LogP contribution in [0.3, 0.4) is 0 Å². The molecule has 0 saturated carbocycles. The molecule has 1 amide bonds. The van der Waals surface area contributed by atoms with Crippen molar-refractivity contribution in [3.05, 3.63) is 60.2 Å². The first-order valence-corrected chi connectivity index (χ1v) is 11.1. The number of nitrogens with zero attached hydrogens (tertiary/aromatic N) is 2. The van der Waals surface area contributed by atoms with E-state index in [1.807, 2.05) is 47.4 Å². The maximum atomic E-state index is 11.8. The molecular weight excluding hydrogens is 422 g/mol. The lowest BCUT2D eigenvalue weighted by molar-refractivity contribution is -0.139. The zero-order valence-corrected chi connectivity index (χ0v) is 18.9. The fourth-order valence-electron chi connectivity index (χ4n) is 3.97. The van der Waals surface area contributed by atoms with E-state index in [0.29, 0.717) is 19.6 Å².